The number of piperazine rings is 1. The molecule has 1 aromatic carbocycles. The number of amides is 1. The number of hydrogen-bond donors (Lipinski definition) is 3. The van der Waals surface area contributed by atoms with E-state index in [0.717, 1.165) is 49.3 Å². The van der Waals surface area contributed by atoms with Crippen LogP contribution in [0.4, 0.5) is 11.5 Å². The zero-order chi connectivity index (χ0) is 20.5. The lowest BCUT2D eigenvalue weighted by Crippen LogP contribution is -2.43. The van der Waals surface area contributed by atoms with Crippen LogP contribution in [0.3, 0.4) is 0 Å². The van der Waals surface area contributed by atoms with Gasteiger partial charge in [0.15, 0.2) is 0 Å². The molecule has 1 amide bonds. The molecule has 2 aliphatic rings. The van der Waals surface area contributed by atoms with Crippen molar-refractivity contribution >= 4 is 28.3 Å². The highest BCUT2D eigenvalue weighted by atomic mass is 16.1. The third kappa shape index (κ3) is 3.78. The fourth-order valence-electron chi connectivity index (χ4n) is 4.53. The summed E-state index contributed by atoms with van der Waals surface area (Å²) >= 11 is 0. The molecular formula is C23H28N6O. The van der Waals surface area contributed by atoms with Gasteiger partial charge in [-0.3, -0.25) is 9.69 Å². The molecule has 7 heteroatoms. The van der Waals surface area contributed by atoms with E-state index in [1.165, 1.54) is 18.5 Å². The molecule has 0 saturated carbocycles. The molecule has 2 saturated heterocycles. The Kier molecular flexibility index (Phi) is 5.14. The molecule has 5 rings (SSSR count). The van der Waals surface area contributed by atoms with Crippen LogP contribution in [0, 0.1) is 0 Å². The number of carbonyl (C=O) groups is 1. The molecule has 0 radical (unpaired) electrons. The van der Waals surface area contributed by atoms with E-state index in [0.29, 0.717) is 17.4 Å². The molecule has 1 atom stereocenters. The fraction of sp³-hybridized carbons (Fsp3) is 0.391. The smallest absolute Gasteiger partial charge is 0.256 e. The molecule has 4 heterocycles. The number of likely N-dealkylation sites (tertiary alicyclic amines) is 1. The minimum absolute atomic E-state index is 0.143. The van der Waals surface area contributed by atoms with Gasteiger partial charge in [0, 0.05) is 66.8 Å². The largest absolute Gasteiger partial charge is 0.369 e. The predicted molar refractivity (Wildman–Crippen MR) is 120 cm³/mol. The maximum Gasteiger partial charge on any atom is 0.256 e. The molecule has 3 aromatic rings. The summed E-state index contributed by atoms with van der Waals surface area (Å²) in [6.07, 6.45) is 4.22. The first-order valence-corrected chi connectivity index (χ1v) is 10.7. The molecule has 30 heavy (non-hydrogen) atoms. The third-order valence-electron chi connectivity index (χ3n) is 6.26. The quantitative estimate of drug-likeness (QED) is 0.623. The van der Waals surface area contributed by atoms with E-state index in [1.807, 2.05) is 36.5 Å². The van der Waals surface area contributed by atoms with Crippen molar-refractivity contribution in [1.29, 1.82) is 0 Å². The normalized spacial score (nSPS) is 20.0. The second-order valence-electron chi connectivity index (χ2n) is 8.26. The van der Waals surface area contributed by atoms with Crippen molar-refractivity contribution in [2.75, 3.05) is 50.0 Å². The Morgan fingerprint density at radius 2 is 1.93 bits per heavy atom. The minimum Gasteiger partial charge on any atom is -0.369 e. The molecule has 0 bridgehead atoms. The van der Waals surface area contributed by atoms with Crippen LogP contribution >= 0.6 is 0 Å². The Balaban J connectivity index is 1.29. The Hall–Kier alpha value is -2.90. The summed E-state index contributed by atoms with van der Waals surface area (Å²) in [5.74, 6) is 0.419. The topological polar surface area (TPSA) is 76.3 Å². The summed E-state index contributed by atoms with van der Waals surface area (Å²) in [5.41, 5.74) is 4.02. The third-order valence-corrected chi connectivity index (χ3v) is 6.26. The summed E-state index contributed by atoms with van der Waals surface area (Å²) in [7, 11) is 2.17. The van der Waals surface area contributed by atoms with E-state index < -0.39 is 0 Å². The second kappa shape index (κ2) is 8.08. The van der Waals surface area contributed by atoms with Gasteiger partial charge in [-0.1, -0.05) is 0 Å². The van der Waals surface area contributed by atoms with Crippen LogP contribution in [0.5, 0.6) is 0 Å². The van der Waals surface area contributed by atoms with Crippen molar-refractivity contribution in [1.82, 2.24) is 20.2 Å². The number of pyridine rings is 1. The average molecular weight is 405 g/mol. The highest BCUT2D eigenvalue weighted by Crippen LogP contribution is 2.32. The summed E-state index contributed by atoms with van der Waals surface area (Å²) in [5, 5.41) is 7.36. The van der Waals surface area contributed by atoms with E-state index in [9.17, 15) is 4.79 Å². The first-order valence-electron chi connectivity index (χ1n) is 10.7. The van der Waals surface area contributed by atoms with Crippen LogP contribution < -0.4 is 15.5 Å². The Bertz CT molecular complexity index is 1040. The summed E-state index contributed by atoms with van der Waals surface area (Å²) in [6.45, 7) is 5.10. The molecule has 2 aliphatic heterocycles. The predicted octanol–water partition coefficient (Wildman–Crippen LogP) is 2.99. The molecule has 0 unspecified atom stereocenters. The maximum absolute atomic E-state index is 12.7. The molecule has 3 N–H and O–H groups in total. The number of nitrogens with one attached hydrogen (secondary N) is 3. The van der Waals surface area contributed by atoms with E-state index in [-0.39, 0.29) is 5.91 Å². The maximum atomic E-state index is 12.7. The van der Waals surface area contributed by atoms with Crippen molar-refractivity contribution in [2.24, 2.45) is 0 Å². The highest BCUT2D eigenvalue weighted by Gasteiger charge is 2.24. The van der Waals surface area contributed by atoms with Gasteiger partial charge in [0.05, 0.1) is 5.52 Å². The number of rotatable bonds is 4. The number of nitrogens with zero attached hydrogens (tertiary/aromatic N) is 3. The van der Waals surface area contributed by atoms with Gasteiger partial charge >= 0.3 is 0 Å². The van der Waals surface area contributed by atoms with E-state index >= 15 is 0 Å². The van der Waals surface area contributed by atoms with Gasteiger partial charge in [-0.05, 0) is 56.8 Å². The summed E-state index contributed by atoms with van der Waals surface area (Å²) < 4.78 is 0. The SMILES string of the molecule is CN1CCC[C@@H]1c1cc2cnc(NC(=O)c3ccc(N4CCNCC4)cc3)cc2[nH]1. The molecular weight excluding hydrogens is 376 g/mol. The Labute approximate surface area is 176 Å². The van der Waals surface area contributed by atoms with Crippen LogP contribution in [0.1, 0.15) is 34.9 Å². The second-order valence-corrected chi connectivity index (χ2v) is 8.26. The van der Waals surface area contributed by atoms with Crippen LogP contribution in [-0.4, -0.2) is 60.5 Å². The molecule has 156 valence electrons. The highest BCUT2D eigenvalue weighted by molar-refractivity contribution is 6.04. The van der Waals surface area contributed by atoms with Gasteiger partial charge in [-0.15, -0.1) is 0 Å². The molecule has 0 spiro atoms. The number of aromatic amines is 1. The number of carbonyl (C=O) groups excluding carboxylic acids is 1. The lowest BCUT2D eigenvalue weighted by Gasteiger charge is -2.29. The zero-order valence-corrected chi connectivity index (χ0v) is 17.3. The van der Waals surface area contributed by atoms with E-state index in [2.05, 4.69) is 43.5 Å². The van der Waals surface area contributed by atoms with Gasteiger partial charge in [0.25, 0.3) is 5.91 Å². The van der Waals surface area contributed by atoms with Crippen LogP contribution in [0.15, 0.2) is 42.6 Å². The lowest BCUT2D eigenvalue weighted by molar-refractivity contribution is 0.102. The van der Waals surface area contributed by atoms with Crippen molar-refractivity contribution in [3.8, 4) is 0 Å². The number of anilines is 2. The Morgan fingerprint density at radius 3 is 2.67 bits per heavy atom. The monoisotopic (exact) mass is 404 g/mol. The zero-order valence-electron chi connectivity index (χ0n) is 17.3. The minimum atomic E-state index is -0.143. The van der Waals surface area contributed by atoms with Gasteiger partial charge < -0.3 is 20.5 Å². The van der Waals surface area contributed by atoms with Gasteiger partial charge in [0.2, 0.25) is 0 Å². The number of aromatic nitrogens is 2. The molecule has 2 fully saturated rings. The lowest BCUT2D eigenvalue weighted by atomic mass is 10.1. The van der Waals surface area contributed by atoms with Crippen molar-refractivity contribution in [2.45, 2.75) is 18.9 Å². The van der Waals surface area contributed by atoms with E-state index in [1.54, 1.807) is 0 Å². The van der Waals surface area contributed by atoms with Crippen LogP contribution in [0.2, 0.25) is 0 Å². The molecule has 7 nitrogen and oxygen atoms in total. The van der Waals surface area contributed by atoms with Crippen molar-refractivity contribution in [3.05, 3.63) is 53.9 Å². The van der Waals surface area contributed by atoms with Crippen LogP contribution in [-0.2, 0) is 0 Å². The average Bonchev–Trinajstić information content (AvgIpc) is 3.39. The van der Waals surface area contributed by atoms with Gasteiger partial charge in [-0.25, -0.2) is 4.98 Å². The first kappa shape index (κ1) is 19.1. The molecule has 2 aromatic heterocycles. The number of H-pyrrole nitrogens is 1. The first-order chi connectivity index (χ1) is 14.7. The standard InChI is InChI=1S/C23H28N6O/c1-28-10-2-3-21(28)20-13-17-15-25-22(14-19(17)26-20)27-23(30)16-4-6-18(7-5-16)29-11-8-24-9-12-29/h4-7,13-15,21,24,26H,2-3,8-12H2,1H3,(H,25,27,30)/t21-/m1/s1. The number of benzene rings is 1. The fourth-order valence-corrected chi connectivity index (χ4v) is 4.53. The summed E-state index contributed by atoms with van der Waals surface area (Å²) in [6, 6.07) is 12.3. The number of hydrogen-bond acceptors (Lipinski definition) is 5. The van der Waals surface area contributed by atoms with Crippen molar-refractivity contribution in [3.63, 3.8) is 0 Å². The van der Waals surface area contributed by atoms with Gasteiger partial charge in [-0.2, -0.15) is 0 Å². The van der Waals surface area contributed by atoms with Crippen molar-refractivity contribution < 1.29 is 4.79 Å². The Morgan fingerprint density at radius 1 is 1.13 bits per heavy atom. The summed E-state index contributed by atoms with van der Waals surface area (Å²) in [4.78, 5) is 25.4. The molecule has 0 aliphatic carbocycles. The number of fused-ring (bicyclic) bond motifs is 1. The van der Waals surface area contributed by atoms with Crippen LogP contribution in [0.25, 0.3) is 10.9 Å². The van der Waals surface area contributed by atoms with Gasteiger partial charge in [0.1, 0.15) is 5.82 Å². The van der Waals surface area contributed by atoms with E-state index in [4.69, 9.17) is 0 Å².